The summed E-state index contributed by atoms with van der Waals surface area (Å²) < 4.78 is 0. The van der Waals surface area contributed by atoms with Crippen LogP contribution in [0.1, 0.15) is 57.4 Å². The van der Waals surface area contributed by atoms with Crippen LogP contribution in [0, 0.1) is 5.41 Å². The number of hydrogen-bond donors (Lipinski definition) is 0. The van der Waals surface area contributed by atoms with Gasteiger partial charge in [0, 0.05) is 30.1 Å². The zero-order valence-electron chi connectivity index (χ0n) is 13.1. The summed E-state index contributed by atoms with van der Waals surface area (Å²) in [7, 11) is 2.28. The molecule has 0 saturated heterocycles. The van der Waals surface area contributed by atoms with Gasteiger partial charge in [-0.3, -0.25) is 0 Å². The van der Waals surface area contributed by atoms with Crippen molar-refractivity contribution in [3.05, 3.63) is 42.0 Å². The molecule has 108 valence electrons. The molecule has 0 bridgehead atoms. The maximum absolute atomic E-state index is 2.54. The molecule has 1 nitrogen and oxygen atoms in total. The van der Waals surface area contributed by atoms with E-state index in [0.717, 1.165) is 5.92 Å². The third-order valence-electron chi connectivity index (χ3n) is 5.41. The van der Waals surface area contributed by atoms with Crippen molar-refractivity contribution in [2.24, 2.45) is 5.41 Å². The van der Waals surface area contributed by atoms with Crippen LogP contribution in [0.15, 0.2) is 36.4 Å². The van der Waals surface area contributed by atoms with Crippen LogP contribution in [0.2, 0.25) is 0 Å². The van der Waals surface area contributed by atoms with E-state index in [4.69, 9.17) is 0 Å². The van der Waals surface area contributed by atoms with Gasteiger partial charge in [0.2, 0.25) is 0 Å². The lowest BCUT2D eigenvalue weighted by Crippen LogP contribution is -2.39. The van der Waals surface area contributed by atoms with Gasteiger partial charge in [-0.2, -0.15) is 0 Å². The van der Waals surface area contributed by atoms with E-state index in [1.165, 1.54) is 37.8 Å². The number of fused-ring (bicyclic) bond motifs is 3. The average molecular weight is 269 g/mol. The van der Waals surface area contributed by atoms with E-state index in [-0.39, 0.29) is 0 Å². The Bertz CT molecular complexity index is 504. The molecule has 0 radical (unpaired) electrons. The molecule has 1 fully saturated rings. The van der Waals surface area contributed by atoms with Gasteiger partial charge < -0.3 is 4.90 Å². The van der Waals surface area contributed by atoms with Crippen molar-refractivity contribution in [3.8, 4) is 0 Å². The summed E-state index contributed by atoms with van der Waals surface area (Å²) in [6.45, 7) is 4.73. The Morgan fingerprint density at radius 2 is 2.15 bits per heavy atom. The Labute approximate surface area is 123 Å². The average Bonchev–Trinajstić information content (AvgIpc) is 2.95. The van der Waals surface area contributed by atoms with Gasteiger partial charge >= 0.3 is 0 Å². The fourth-order valence-electron chi connectivity index (χ4n) is 4.40. The van der Waals surface area contributed by atoms with Gasteiger partial charge in [-0.1, -0.05) is 57.0 Å². The summed E-state index contributed by atoms with van der Waals surface area (Å²) in [5, 5.41) is 0. The maximum atomic E-state index is 2.54. The summed E-state index contributed by atoms with van der Waals surface area (Å²) in [4.78, 5) is 2.54. The highest BCUT2D eigenvalue weighted by Crippen LogP contribution is 2.56. The van der Waals surface area contributed by atoms with Crippen LogP contribution in [0.4, 0.5) is 5.69 Å². The molecular formula is C19H27N. The van der Waals surface area contributed by atoms with Gasteiger partial charge in [0.15, 0.2) is 0 Å². The number of likely N-dealkylation sites (N-methyl/N-ethyl adjacent to an activating group) is 1. The molecule has 3 atom stereocenters. The first-order valence-corrected chi connectivity index (χ1v) is 8.17. The van der Waals surface area contributed by atoms with Crippen molar-refractivity contribution < 1.29 is 0 Å². The zero-order chi connectivity index (χ0) is 14.2. The van der Waals surface area contributed by atoms with Crippen molar-refractivity contribution in [3.63, 3.8) is 0 Å². The third-order valence-corrected chi connectivity index (χ3v) is 5.41. The summed E-state index contributed by atoms with van der Waals surface area (Å²) in [5.74, 6) is 0.733. The molecule has 20 heavy (non-hydrogen) atoms. The highest BCUT2D eigenvalue weighted by Gasteiger charge is 2.50. The molecule has 3 rings (SSSR count). The fraction of sp³-hybridized carbons (Fsp3) is 0.579. The van der Waals surface area contributed by atoms with E-state index in [1.54, 1.807) is 5.56 Å². The lowest BCUT2D eigenvalue weighted by Gasteiger charge is -2.35. The van der Waals surface area contributed by atoms with E-state index in [1.807, 2.05) is 0 Å². The molecule has 2 aliphatic rings. The zero-order valence-corrected chi connectivity index (χ0v) is 13.1. The number of para-hydroxylation sites is 1. The molecule has 0 amide bonds. The standard InChI is InChI=1S/C19H27N/c1-4-5-6-9-13-19(2)14-12-16-15-10-7-8-11-17(15)20(3)18(16)19/h7-11,13,16,18H,4-6,12,14H2,1-3H3/b13-9+. The van der Waals surface area contributed by atoms with Crippen molar-refractivity contribution in [2.45, 2.75) is 57.9 Å². The number of allylic oxidation sites excluding steroid dienone is 1. The Morgan fingerprint density at radius 3 is 2.95 bits per heavy atom. The minimum absolute atomic E-state index is 0.339. The van der Waals surface area contributed by atoms with Crippen molar-refractivity contribution in [2.75, 3.05) is 11.9 Å². The van der Waals surface area contributed by atoms with Crippen LogP contribution in [0.3, 0.4) is 0 Å². The second kappa shape index (κ2) is 5.27. The molecule has 1 heteroatoms. The largest absolute Gasteiger partial charge is 0.370 e. The predicted molar refractivity (Wildman–Crippen MR) is 87.4 cm³/mol. The van der Waals surface area contributed by atoms with Crippen LogP contribution in [0.25, 0.3) is 0 Å². The van der Waals surface area contributed by atoms with Crippen LogP contribution in [-0.2, 0) is 0 Å². The Kier molecular flexibility index (Phi) is 3.62. The van der Waals surface area contributed by atoms with Gasteiger partial charge in [0.05, 0.1) is 0 Å². The van der Waals surface area contributed by atoms with Crippen molar-refractivity contribution in [1.82, 2.24) is 0 Å². The highest BCUT2D eigenvalue weighted by atomic mass is 15.2. The first-order valence-electron chi connectivity index (χ1n) is 8.17. The van der Waals surface area contributed by atoms with Crippen LogP contribution in [-0.4, -0.2) is 13.1 Å². The number of rotatable bonds is 4. The normalized spacial score (nSPS) is 31.9. The molecule has 0 spiro atoms. The van der Waals surface area contributed by atoms with Crippen molar-refractivity contribution in [1.29, 1.82) is 0 Å². The molecule has 1 heterocycles. The second-order valence-electron chi connectivity index (χ2n) is 6.81. The van der Waals surface area contributed by atoms with Crippen LogP contribution >= 0.6 is 0 Å². The third kappa shape index (κ3) is 2.08. The lowest BCUT2D eigenvalue weighted by molar-refractivity contribution is 0.373. The number of nitrogens with zero attached hydrogens (tertiary/aromatic N) is 1. The number of anilines is 1. The maximum Gasteiger partial charge on any atom is 0.0444 e. The first kappa shape index (κ1) is 13.7. The monoisotopic (exact) mass is 269 g/mol. The minimum atomic E-state index is 0.339. The Balaban J connectivity index is 1.84. The van der Waals surface area contributed by atoms with E-state index >= 15 is 0 Å². The quantitative estimate of drug-likeness (QED) is 0.540. The molecule has 1 aliphatic carbocycles. The van der Waals surface area contributed by atoms with Crippen LogP contribution in [0.5, 0.6) is 0 Å². The smallest absolute Gasteiger partial charge is 0.0444 e. The van der Waals surface area contributed by atoms with Gasteiger partial charge in [0.1, 0.15) is 0 Å². The molecule has 0 aromatic heterocycles. The molecule has 1 aromatic rings. The molecular weight excluding hydrogens is 242 g/mol. The van der Waals surface area contributed by atoms with E-state index < -0.39 is 0 Å². The molecule has 1 saturated carbocycles. The van der Waals surface area contributed by atoms with E-state index in [0.29, 0.717) is 11.5 Å². The first-order chi connectivity index (χ1) is 9.67. The Morgan fingerprint density at radius 1 is 1.35 bits per heavy atom. The van der Waals surface area contributed by atoms with Crippen LogP contribution < -0.4 is 4.90 Å². The Hall–Kier alpha value is -1.24. The lowest BCUT2D eigenvalue weighted by atomic mass is 9.81. The molecule has 3 unspecified atom stereocenters. The van der Waals surface area contributed by atoms with Gasteiger partial charge in [-0.25, -0.2) is 0 Å². The summed E-state index contributed by atoms with van der Waals surface area (Å²) in [6, 6.07) is 9.64. The number of hydrogen-bond acceptors (Lipinski definition) is 1. The highest BCUT2D eigenvalue weighted by molar-refractivity contribution is 5.63. The molecule has 1 aliphatic heterocycles. The molecule has 1 aromatic carbocycles. The van der Waals surface area contributed by atoms with E-state index in [2.05, 4.69) is 62.2 Å². The summed E-state index contributed by atoms with van der Waals surface area (Å²) in [6.07, 6.45) is 11.5. The van der Waals surface area contributed by atoms with Gasteiger partial charge in [-0.15, -0.1) is 0 Å². The summed E-state index contributed by atoms with van der Waals surface area (Å²) >= 11 is 0. The minimum Gasteiger partial charge on any atom is -0.370 e. The SMILES string of the molecule is CCCC/C=C/C1(C)CCC2c3ccccc3N(C)C21. The summed E-state index contributed by atoms with van der Waals surface area (Å²) in [5.41, 5.74) is 3.37. The molecule has 0 N–H and O–H groups in total. The topological polar surface area (TPSA) is 3.24 Å². The van der Waals surface area contributed by atoms with Gasteiger partial charge in [-0.05, 0) is 30.9 Å². The number of unbranched alkanes of at least 4 members (excludes halogenated alkanes) is 2. The predicted octanol–water partition coefficient (Wildman–Crippen LogP) is 5.14. The van der Waals surface area contributed by atoms with Gasteiger partial charge in [0.25, 0.3) is 0 Å². The fourth-order valence-corrected chi connectivity index (χ4v) is 4.40. The van der Waals surface area contributed by atoms with Crippen molar-refractivity contribution >= 4 is 5.69 Å². The van der Waals surface area contributed by atoms with E-state index in [9.17, 15) is 0 Å². The second-order valence-corrected chi connectivity index (χ2v) is 6.81. The number of benzene rings is 1.